The van der Waals surface area contributed by atoms with Gasteiger partial charge in [0.25, 0.3) is 0 Å². The summed E-state index contributed by atoms with van der Waals surface area (Å²) in [6.45, 7) is 7.47. The van der Waals surface area contributed by atoms with Gasteiger partial charge >= 0.3 is 5.97 Å². The maximum Gasteiger partial charge on any atom is 0.338 e. The SMILES string of the molecule is C=C(C)C(=O)Oc1ccc(-c2ccc(-c3ccc(CCCCC)cc3)cc2)cc1. The van der Waals surface area contributed by atoms with Crippen LogP contribution < -0.4 is 4.74 Å². The first-order valence-electron chi connectivity index (χ1n) is 10.2. The van der Waals surface area contributed by atoms with Crippen LogP contribution in [0.3, 0.4) is 0 Å². The van der Waals surface area contributed by atoms with Crippen LogP contribution in [-0.4, -0.2) is 5.97 Å². The molecule has 3 aromatic rings. The highest BCUT2D eigenvalue weighted by Crippen LogP contribution is 2.27. The van der Waals surface area contributed by atoms with Gasteiger partial charge in [-0.2, -0.15) is 0 Å². The minimum Gasteiger partial charge on any atom is -0.423 e. The molecule has 0 N–H and O–H groups in total. The molecule has 2 nitrogen and oxygen atoms in total. The Labute approximate surface area is 173 Å². The molecule has 0 saturated carbocycles. The number of carbonyl (C=O) groups excluding carboxylic acids is 1. The Kier molecular flexibility index (Phi) is 7.02. The molecular formula is C27H28O2. The first-order chi connectivity index (χ1) is 14.1. The third-order valence-electron chi connectivity index (χ3n) is 4.99. The molecule has 3 rings (SSSR count). The Morgan fingerprint density at radius 1 is 0.759 bits per heavy atom. The van der Waals surface area contributed by atoms with Crippen LogP contribution in [-0.2, 0) is 11.2 Å². The molecule has 0 aliphatic rings. The monoisotopic (exact) mass is 384 g/mol. The summed E-state index contributed by atoms with van der Waals surface area (Å²) < 4.78 is 5.25. The molecule has 148 valence electrons. The molecule has 0 heterocycles. The number of rotatable bonds is 8. The zero-order valence-electron chi connectivity index (χ0n) is 17.3. The van der Waals surface area contributed by atoms with E-state index in [1.165, 1.54) is 36.0 Å². The Morgan fingerprint density at radius 3 is 1.66 bits per heavy atom. The lowest BCUT2D eigenvalue weighted by Crippen LogP contribution is -2.07. The highest BCUT2D eigenvalue weighted by atomic mass is 16.5. The number of aryl methyl sites for hydroxylation is 1. The minimum absolute atomic E-state index is 0.388. The first kappa shape index (κ1) is 20.6. The van der Waals surface area contributed by atoms with E-state index >= 15 is 0 Å². The van der Waals surface area contributed by atoms with Crippen molar-refractivity contribution in [3.05, 3.63) is 90.5 Å². The van der Waals surface area contributed by atoms with E-state index < -0.39 is 5.97 Å². The standard InChI is InChI=1S/C27H28O2/c1-4-5-6-7-21-8-10-22(11-9-21)23-12-14-24(15-13-23)25-16-18-26(19-17-25)29-27(28)20(2)3/h8-19H,2,4-7H2,1,3H3. The lowest BCUT2D eigenvalue weighted by atomic mass is 9.98. The topological polar surface area (TPSA) is 26.3 Å². The quantitative estimate of drug-likeness (QED) is 0.177. The molecule has 0 radical (unpaired) electrons. The fourth-order valence-corrected chi connectivity index (χ4v) is 3.21. The Bertz CT molecular complexity index is 949. The van der Waals surface area contributed by atoms with Crippen LogP contribution in [0.5, 0.6) is 5.75 Å². The Balaban J connectivity index is 1.67. The Hall–Kier alpha value is -3.13. The van der Waals surface area contributed by atoms with Gasteiger partial charge in [0, 0.05) is 5.57 Å². The molecule has 29 heavy (non-hydrogen) atoms. The average Bonchev–Trinajstić information content (AvgIpc) is 2.75. The van der Waals surface area contributed by atoms with Gasteiger partial charge in [-0.25, -0.2) is 4.79 Å². The molecule has 0 spiro atoms. The van der Waals surface area contributed by atoms with Crippen molar-refractivity contribution >= 4 is 5.97 Å². The van der Waals surface area contributed by atoms with Gasteiger partial charge < -0.3 is 4.74 Å². The fraction of sp³-hybridized carbons (Fsp3) is 0.222. The van der Waals surface area contributed by atoms with E-state index in [-0.39, 0.29) is 0 Å². The van der Waals surface area contributed by atoms with Gasteiger partial charge in [-0.3, -0.25) is 0 Å². The number of hydrogen-bond donors (Lipinski definition) is 0. The second-order valence-electron chi connectivity index (χ2n) is 7.43. The second-order valence-corrected chi connectivity index (χ2v) is 7.43. The first-order valence-corrected chi connectivity index (χ1v) is 10.2. The smallest absolute Gasteiger partial charge is 0.338 e. The third kappa shape index (κ3) is 5.68. The molecule has 0 atom stereocenters. The number of benzene rings is 3. The summed E-state index contributed by atoms with van der Waals surface area (Å²) in [5.41, 5.74) is 6.45. The number of carbonyl (C=O) groups is 1. The van der Waals surface area contributed by atoms with E-state index in [2.05, 4.69) is 62.0 Å². The number of esters is 1. The highest BCUT2D eigenvalue weighted by Gasteiger charge is 2.06. The number of unbranched alkanes of at least 4 members (excludes halogenated alkanes) is 2. The van der Waals surface area contributed by atoms with Gasteiger partial charge in [0.2, 0.25) is 0 Å². The molecule has 0 aromatic heterocycles. The molecule has 0 fully saturated rings. The van der Waals surface area contributed by atoms with Crippen molar-refractivity contribution in [1.29, 1.82) is 0 Å². The lowest BCUT2D eigenvalue weighted by Gasteiger charge is -2.08. The van der Waals surface area contributed by atoms with E-state index in [0.29, 0.717) is 11.3 Å². The van der Waals surface area contributed by atoms with Gasteiger partial charge in [0.15, 0.2) is 0 Å². The largest absolute Gasteiger partial charge is 0.423 e. The molecule has 0 aliphatic heterocycles. The summed E-state index contributed by atoms with van der Waals surface area (Å²) in [5, 5.41) is 0. The number of ether oxygens (including phenoxy) is 1. The normalized spacial score (nSPS) is 10.6. The maximum absolute atomic E-state index is 11.6. The van der Waals surface area contributed by atoms with Crippen LogP contribution in [0.1, 0.15) is 38.7 Å². The van der Waals surface area contributed by atoms with Gasteiger partial charge in [-0.1, -0.05) is 87.0 Å². The lowest BCUT2D eigenvalue weighted by molar-refractivity contribution is -0.130. The van der Waals surface area contributed by atoms with Crippen LogP contribution in [0, 0.1) is 0 Å². The van der Waals surface area contributed by atoms with E-state index in [9.17, 15) is 4.79 Å². The summed E-state index contributed by atoms with van der Waals surface area (Å²) >= 11 is 0. The van der Waals surface area contributed by atoms with Crippen molar-refractivity contribution in [2.45, 2.75) is 39.5 Å². The van der Waals surface area contributed by atoms with E-state index in [0.717, 1.165) is 17.5 Å². The third-order valence-corrected chi connectivity index (χ3v) is 4.99. The molecule has 0 saturated heterocycles. The van der Waals surface area contributed by atoms with Crippen LogP contribution in [0.4, 0.5) is 0 Å². The molecule has 2 heteroatoms. The summed E-state index contributed by atoms with van der Waals surface area (Å²) in [5.74, 6) is 0.121. The average molecular weight is 385 g/mol. The maximum atomic E-state index is 11.6. The van der Waals surface area contributed by atoms with E-state index in [4.69, 9.17) is 4.74 Å². The molecular weight excluding hydrogens is 356 g/mol. The Morgan fingerprint density at radius 2 is 1.21 bits per heavy atom. The van der Waals surface area contributed by atoms with Gasteiger partial charge in [-0.15, -0.1) is 0 Å². The second kappa shape index (κ2) is 9.88. The summed E-state index contributed by atoms with van der Waals surface area (Å²) in [7, 11) is 0. The van der Waals surface area contributed by atoms with Crippen LogP contribution in [0.15, 0.2) is 84.9 Å². The molecule has 3 aromatic carbocycles. The van der Waals surface area contributed by atoms with Crippen molar-refractivity contribution in [2.75, 3.05) is 0 Å². The van der Waals surface area contributed by atoms with Crippen molar-refractivity contribution in [2.24, 2.45) is 0 Å². The predicted octanol–water partition coefficient (Wildman–Crippen LogP) is 7.23. The zero-order chi connectivity index (χ0) is 20.6. The highest BCUT2D eigenvalue weighted by molar-refractivity contribution is 5.88. The van der Waals surface area contributed by atoms with Gasteiger partial charge in [0.05, 0.1) is 0 Å². The summed E-state index contributed by atoms with van der Waals surface area (Å²) in [6.07, 6.45) is 4.97. The van der Waals surface area contributed by atoms with Gasteiger partial charge in [0.1, 0.15) is 5.75 Å². The number of hydrogen-bond acceptors (Lipinski definition) is 2. The van der Waals surface area contributed by atoms with Crippen molar-refractivity contribution in [3.8, 4) is 28.0 Å². The molecule has 0 amide bonds. The molecule has 0 bridgehead atoms. The van der Waals surface area contributed by atoms with Crippen LogP contribution >= 0.6 is 0 Å². The predicted molar refractivity (Wildman–Crippen MR) is 121 cm³/mol. The summed E-state index contributed by atoms with van der Waals surface area (Å²) in [4.78, 5) is 11.6. The minimum atomic E-state index is -0.404. The molecule has 0 aliphatic carbocycles. The molecule has 0 unspecified atom stereocenters. The van der Waals surface area contributed by atoms with Crippen molar-refractivity contribution in [3.63, 3.8) is 0 Å². The van der Waals surface area contributed by atoms with Crippen molar-refractivity contribution in [1.82, 2.24) is 0 Å². The summed E-state index contributed by atoms with van der Waals surface area (Å²) in [6, 6.07) is 25.0. The van der Waals surface area contributed by atoms with E-state index in [1.807, 2.05) is 12.1 Å². The fourth-order valence-electron chi connectivity index (χ4n) is 3.21. The zero-order valence-corrected chi connectivity index (χ0v) is 17.3. The van der Waals surface area contributed by atoms with Gasteiger partial charge in [-0.05, 0) is 59.7 Å². The van der Waals surface area contributed by atoms with Crippen LogP contribution in [0.2, 0.25) is 0 Å². The van der Waals surface area contributed by atoms with Crippen molar-refractivity contribution < 1.29 is 9.53 Å². The van der Waals surface area contributed by atoms with E-state index in [1.54, 1.807) is 19.1 Å². The van der Waals surface area contributed by atoms with Crippen LogP contribution in [0.25, 0.3) is 22.3 Å².